The first kappa shape index (κ1) is 15.0. The van der Waals surface area contributed by atoms with Crippen LogP contribution in [0.25, 0.3) is 11.1 Å². The fraction of sp³-hybridized carbons (Fsp3) is 0.0952. The van der Waals surface area contributed by atoms with Crippen LogP contribution in [0.4, 0.5) is 0 Å². The molecule has 0 bridgehead atoms. The molecular weight excluding hydrogens is 282 g/mol. The second-order valence-electron chi connectivity index (χ2n) is 5.51. The van der Waals surface area contributed by atoms with E-state index >= 15 is 0 Å². The van der Waals surface area contributed by atoms with Crippen LogP contribution in [0.15, 0.2) is 84.9 Å². The van der Waals surface area contributed by atoms with E-state index in [1.165, 1.54) is 5.56 Å². The molecule has 114 valence electrons. The topological polar surface area (TPSA) is 29.1 Å². The number of nitrogens with one attached hydrogen (secondary N) is 1. The maximum atomic E-state index is 12.1. The Hall–Kier alpha value is -2.87. The quantitative estimate of drug-likeness (QED) is 0.751. The highest BCUT2D eigenvalue weighted by Gasteiger charge is 2.05. The lowest BCUT2D eigenvalue weighted by atomic mass is 10.0. The standard InChI is InChI=1S/C21H19NO/c23-21(22-16-17-8-3-1-4-9-17)15-18-10-7-13-20(14-18)19-11-5-2-6-12-19/h1-14H,15-16H2,(H,22,23). The highest BCUT2D eigenvalue weighted by atomic mass is 16.1. The van der Waals surface area contributed by atoms with E-state index in [0.29, 0.717) is 13.0 Å². The minimum Gasteiger partial charge on any atom is -0.352 e. The van der Waals surface area contributed by atoms with Crippen LogP contribution in [-0.4, -0.2) is 5.91 Å². The average Bonchev–Trinajstić information content (AvgIpc) is 2.62. The Bertz CT molecular complexity index is 766. The second-order valence-corrected chi connectivity index (χ2v) is 5.51. The second kappa shape index (κ2) is 7.41. The first-order chi connectivity index (χ1) is 11.3. The Morgan fingerprint density at radius 1 is 0.696 bits per heavy atom. The molecule has 0 radical (unpaired) electrons. The molecule has 2 heteroatoms. The molecule has 0 aliphatic heterocycles. The Morgan fingerprint density at radius 2 is 1.30 bits per heavy atom. The van der Waals surface area contributed by atoms with Gasteiger partial charge in [0, 0.05) is 6.54 Å². The van der Waals surface area contributed by atoms with Gasteiger partial charge in [-0.15, -0.1) is 0 Å². The lowest BCUT2D eigenvalue weighted by Gasteiger charge is -2.07. The van der Waals surface area contributed by atoms with Crippen molar-refractivity contribution >= 4 is 5.91 Å². The van der Waals surface area contributed by atoms with Gasteiger partial charge in [-0.3, -0.25) is 4.79 Å². The molecule has 1 N–H and O–H groups in total. The van der Waals surface area contributed by atoms with Gasteiger partial charge < -0.3 is 5.32 Å². The van der Waals surface area contributed by atoms with Gasteiger partial charge in [-0.1, -0.05) is 84.9 Å². The van der Waals surface area contributed by atoms with E-state index in [2.05, 4.69) is 29.6 Å². The van der Waals surface area contributed by atoms with Crippen LogP contribution in [0.3, 0.4) is 0 Å². The first-order valence-corrected chi connectivity index (χ1v) is 7.76. The molecule has 0 aromatic heterocycles. The number of carbonyl (C=O) groups excluding carboxylic acids is 1. The zero-order valence-electron chi connectivity index (χ0n) is 12.9. The van der Waals surface area contributed by atoms with E-state index in [0.717, 1.165) is 16.7 Å². The summed E-state index contributed by atoms with van der Waals surface area (Å²) in [5.41, 5.74) is 4.44. The zero-order chi connectivity index (χ0) is 15.9. The number of benzene rings is 3. The number of carbonyl (C=O) groups is 1. The van der Waals surface area contributed by atoms with Gasteiger partial charge in [0.15, 0.2) is 0 Å². The molecule has 0 saturated heterocycles. The summed E-state index contributed by atoms with van der Waals surface area (Å²) in [7, 11) is 0. The summed E-state index contributed by atoms with van der Waals surface area (Å²) in [4.78, 5) is 12.1. The van der Waals surface area contributed by atoms with Crippen molar-refractivity contribution < 1.29 is 4.79 Å². The Balaban J connectivity index is 1.63. The molecule has 2 nitrogen and oxygen atoms in total. The van der Waals surface area contributed by atoms with E-state index in [9.17, 15) is 4.79 Å². The smallest absolute Gasteiger partial charge is 0.224 e. The van der Waals surface area contributed by atoms with Gasteiger partial charge in [0.2, 0.25) is 5.91 Å². The predicted molar refractivity (Wildman–Crippen MR) is 93.9 cm³/mol. The molecule has 1 amide bonds. The van der Waals surface area contributed by atoms with Gasteiger partial charge in [-0.05, 0) is 22.3 Å². The van der Waals surface area contributed by atoms with E-state index in [1.807, 2.05) is 60.7 Å². The normalized spacial score (nSPS) is 10.3. The molecule has 3 aromatic rings. The SMILES string of the molecule is O=C(Cc1cccc(-c2ccccc2)c1)NCc1ccccc1. The van der Waals surface area contributed by atoms with Crippen LogP contribution in [0.5, 0.6) is 0 Å². The summed E-state index contributed by atoms with van der Waals surface area (Å²) in [5, 5.41) is 2.97. The van der Waals surface area contributed by atoms with Crippen LogP contribution in [-0.2, 0) is 17.8 Å². The van der Waals surface area contributed by atoms with Crippen molar-refractivity contribution in [2.45, 2.75) is 13.0 Å². The molecule has 0 heterocycles. The van der Waals surface area contributed by atoms with Gasteiger partial charge in [0.1, 0.15) is 0 Å². The molecule has 0 unspecified atom stereocenters. The van der Waals surface area contributed by atoms with Crippen LogP contribution < -0.4 is 5.32 Å². The van der Waals surface area contributed by atoms with E-state index in [1.54, 1.807) is 0 Å². The van der Waals surface area contributed by atoms with E-state index in [4.69, 9.17) is 0 Å². The van der Waals surface area contributed by atoms with Crippen molar-refractivity contribution in [2.75, 3.05) is 0 Å². The molecule has 0 spiro atoms. The molecule has 3 aromatic carbocycles. The van der Waals surface area contributed by atoms with Crippen molar-refractivity contribution in [1.29, 1.82) is 0 Å². The summed E-state index contributed by atoms with van der Waals surface area (Å²) >= 11 is 0. The Labute approximate surface area is 136 Å². The fourth-order valence-corrected chi connectivity index (χ4v) is 2.54. The summed E-state index contributed by atoms with van der Waals surface area (Å²) in [6, 6.07) is 28.3. The molecule has 3 rings (SSSR count). The summed E-state index contributed by atoms with van der Waals surface area (Å²) < 4.78 is 0. The van der Waals surface area contributed by atoms with Crippen LogP contribution >= 0.6 is 0 Å². The van der Waals surface area contributed by atoms with Gasteiger partial charge in [-0.25, -0.2) is 0 Å². The minimum absolute atomic E-state index is 0.0408. The van der Waals surface area contributed by atoms with Gasteiger partial charge in [0.25, 0.3) is 0 Å². The number of rotatable bonds is 5. The molecule has 0 aliphatic rings. The van der Waals surface area contributed by atoms with Crippen LogP contribution in [0, 0.1) is 0 Å². The summed E-state index contributed by atoms with van der Waals surface area (Å²) in [5.74, 6) is 0.0408. The van der Waals surface area contributed by atoms with Crippen molar-refractivity contribution in [3.63, 3.8) is 0 Å². The zero-order valence-corrected chi connectivity index (χ0v) is 12.9. The maximum Gasteiger partial charge on any atom is 0.224 e. The van der Waals surface area contributed by atoms with Gasteiger partial charge in [-0.2, -0.15) is 0 Å². The highest BCUT2D eigenvalue weighted by Crippen LogP contribution is 2.20. The van der Waals surface area contributed by atoms with Gasteiger partial charge in [0.05, 0.1) is 6.42 Å². The Morgan fingerprint density at radius 3 is 2.04 bits per heavy atom. The molecular formula is C21H19NO. The summed E-state index contributed by atoms with van der Waals surface area (Å²) in [6.45, 7) is 0.568. The molecule has 0 aliphatic carbocycles. The van der Waals surface area contributed by atoms with Crippen LogP contribution in [0.1, 0.15) is 11.1 Å². The highest BCUT2D eigenvalue weighted by molar-refractivity contribution is 5.79. The fourth-order valence-electron chi connectivity index (χ4n) is 2.54. The first-order valence-electron chi connectivity index (χ1n) is 7.76. The van der Waals surface area contributed by atoms with Crippen molar-refractivity contribution in [3.05, 3.63) is 96.1 Å². The van der Waals surface area contributed by atoms with E-state index < -0.39 is 0 Å². The third kappa shape index (κ3) is 4.30. The third-order valence-corrected chi connectivity index (χ3v) is 3.73. The lowest BCUT2D eigenvalue weighted by Crippen LogP contribution is -2.24. The van der Waals surface area contributed by atoms with Crippen molar-refractivity contribution in [3.8, 4) is 11.1 Å². The molecule has 0 fully saturated rings. The molecule has 0 atom stereocenters. The van der Waals surface area contributed by atoms with Crippen molar-refractivity contribution in [1.82, 2.24) is 5.32 Å². The third-order valence-electron chi connectivity index (χ3n) is 3.73. The Kier molecular flexibility index (Phi) is 4.85. The maximum absolute atomic E-state index is 12.1. The lowest BCUT2D eigenvalue weighted by molar-refractivity contribution is -0.120. The molecule has 23 heavy (non-hydrogen) atoms. The predicted octanol–water partition coefficient (Wildman–Crippen LogP) is 4.21. The van der Waals surface area contributed by atoms with Crippen molar-refractivity contribution in [2.24, 2.45) is 0 Å². The number of amides is 1. The largest absolute Gasteiger partial charge is 0.352 e. The van der Waals surface area contributed by atoms with Crippen LogP contribution in [0.2, 0.25) is 0 Å². The minimum atomic E-state index is 0.0408. The monoisotopic (exact) mass is 301 g/mol. The number of hydrogen-bond donors (Lipinski definition) is 1. The summed E-state index contributed by atoms with van der Waals surface area (Å²) in [6.07, 6.45) is 0.396. The van der Waals surface area contributed by atoms with E-state index in [-0.39, 0.29) is 5.91 Å². The molecule has 0 saturated carbocycles. The average molecular weight is 301 g/mol. The van der Waals surface area contributed by atoms with Gasteiger partial charge >= 0.3 is 0 Å². The number of hydrogen-bond acceptors (Lipinski definition) is 1.